The van der Waals surface area contributed by atoms with Gasteiger partial charge in [0.25, 0.3) is 0 Å². The quantitative estimate of drug-likeness (QED) is 0.883. The standard InChI is InChI=1S/C15H23ClN2S/c16-15-8-7-11(19-15)10-18-14-5-2-1-4-12(14)13-6-3-9-17-13/h7-8,12-14,17-18H,1-6,9-10H2. The van der Waals surface area contributed by atoms with Gasteiger partial charge < -0.3 is 10.6 Å². The Morgan fingerprint density at radius 2 is 2.11 bits per heavy atom. The minimum absolute atomic E-state index is 0.685. The van der Waals surface area contributed by atoms with Crippen LogP contribution in [0.25, 0.3) is 0 Å². The monoisotopic (exact) mass is 298 g/mol. The third-order valence-corrected chi connectivity index (χ3v) is 5.83. The van der Waals surface area contributed by atoms with Gasteiger partial charge in [-0.05, 0) is 50.3 Å². The molecule has 3 unspecified atom stereocenters. The number of hydrogen-bond donors (Lipinski definition) is 2. The minimum atomic E-state index is 0.685. The Kier molecular flexibility index (Phi) is 4.80. The van der Waals surface area contributed by atoms with E-state index in [1.165, 1.54) is 49.9 Å². The molecule has 2 nitrogen and oxygen atoms in total. The first-order valence-corrected chi connectivity index (χ1v) is 8.73. The van der Waals surface area contributed by atoms with Gasteiger partial charge in [0, 0.05) is 23.5 Å². The van der Waals surface area contributed by atoms with Crippen molar-refractivity contribution in [2.75, 3.05) is 6.54 Å². The van der Waals surface area contributed by atoms with Gasteiger partial charge in [0.05, 0.1) is 4.34 Å². The predicted molar refractivity (Wildman–Crippen MR) is 82.9 cm³/mol. The van der Waals surface area contributed by atoms with Crippen molar-refractivity contribution in [2.24, 2.45) is 5.92 Å². The minimum Gasteiger partial charge on any atom is -0.314 e. The van der Waals surface area contributed by atoms with Gasteiger partial charge in [-0.1, -0.05) is 24.4 Å². The molecule has 0 aromatic carbocycles. The lowest BCUT2D eigenvalue weighted by atomic mass is 9.79. The van der Waals surface area contributed by atoms with Crippen LogP contribution in [0.1, 0.15) is 43.4 Å². The van der Waals surface area contributed by atoms with Crippen LogP contribution in [0.5, 0.6) is 0 Å². The van der Waals surface area contributed by atoms with Crippen LogP contribution in [0.4, 0.5) is 0 Å². The Morgan fingerprint density at radius 3 is 2.84 bits per heavy atom. The second-order valence-electron chi connectivity index (χ2n) is 5.84. The van der Waals surface area contributed by atoms with Crippen LogP contribution in [0.15, 0.2) is 12.1 Å². The topological polar surface area (TPSA) is 24.1 Å². The molecule has 1 aliphatic heterocycles. The van der Waals surface area contributed by atoms with Crippen molar-refractivity contribution in [3.8, 4) is 0 Å². The first kappa shape index (κ1) is 13.9. The highest BCUT2D eigenvalue weighted by Crippen LogP contribution is 2.31. The number of nitrogens with one attached hydrogen (secondary N) is 2. The summed E-state index contributed by atoms with van der Waals surface area (Å²) in [6, 6.07) is 5.58. The van der Waals surface area contributed by atoms with Crippen LogP contribution in [-0.4, -0.2) is 18.6 Å². The zero-order valence-corrected chi connectivity index (χ0v) is 12.9. The SMILES string of the molecule is Clc1ccc(CNC2CCCCC2C2CCCN2)s1. The molecular weight excluding hydrogens is 276 g/mol. The number of rotatable bonds is 4. The molecule has 1 aliphatic carbocycles. The van der Waals surface area contributed by atoms with Crippen LogP contribution in [0, 0.1) is 5.92 Å². The molecule has 0 bridgehead atoms. The average Bonchev–Trinajstić information content (AvgIpc) is 3.08. The largest absolute Gasteiger partial charge is 0.314 e. The summed E-state index contributed by atoms with van der Waals surface area (Å²) < 4.78 is 0.898. The zero-order valence-electron chi connectivity index (χ0n) is 11.3. The fraction of sp³-hybridized carbons (Fsp3) is 0.733. The second kappa shape index (κ2) is 6.57. The van der Waals surface area contributed by atoms with E-state index in [0.717, 1.165) is 22.8 Å². The molecule has 2 N–H and O–H groups in total. The molecule has 19 heavy (non-hydrogen) atoms. The summed E-state index contributed by atoms with van der Waals surface area (Å²) in [5, 5.41) is 7.49. The van der Waals surface area contributed by atoms with Crippen molar-refractivity contribution < 1.29 is 0 Å². The highest BCUT2D eigenvalue weighted by Gasteiger charge is 2.32. The summed E-state index contributed by atoms with van der Waals surface area (Å²) in [5.41, 5.74) is 0. The van der Waals surface area contributed by atoms with Crippen LogP contribution in [0.3, 0.4) is 0 Å². The van der Waals surface area contributed by atoms with Crippen LogP contribution >= 0.6 is 22.9 Å². The number of hydrogen-bond acceptors (Lipinski definition) is 3. The van der Waals surface area contributed by atoms with Crippen molar-refractivity contribution in [2.45, 2.75) is 57.2 Å². The van der Waals surface area contributed by atoms with E-state index in [4.69, 9.17) is 11.6 Å². The van der Waals surface area contributed by atoms with Gasteiger partial charge in [0.2, 0.25) is 0 Å². The predicted octanol–water partition coefficient (Wildman–Crippen LogP) is 3.80. The summed E-state index contributed by atoms with van der Waals surface area (Å²) in [6.07, 6.45) is 8.24. The summed E-state index contributed by atoms with van der Waals surface area (Å²) in [7, 11) is 0. The van der Waals surface area contributed by atoms with Crippen LogP contribution in [0.2, 0.25) is 4.34 Å². The van der Waals surface area contributed by atoms with E-state index >= 15 is 0 Å². The Bertz CT molecular complexity index is 401. The Hall–Kier alpha value is -0.0900. The average molecular weight is 299 g/mol. The Labute approximate surface area is 124 Å². The fourth-order valence-corrected chi connectivity index (χ4v) is 4.69. The fourth-order valence-electron chi connectivity index (χ4n) is 3.65. The zero-order chi connectivity index (χ0) is 13.1. The Morgan fingerprint density at radius 1 is 1.21 bits per heavy atom. The lowest BCUT2D eigenvalue weighted by Gasteiger charge is -2.36. The summed E-state index contributed by atoms with van der Waals surface area (Å²) in [4.78, 5) is 1.36. The molecule has 0 radical (unpaired) electrons. The molecule has 3 rings (SSSR count). The first-order chi connectivity index (χ1) is 9.33. The molecule has 1 saturated heterocycles. The van der Waals surface area contributed by atoms with Gasteiger partial charge in [-0.2, -0.15) is 0 Å². The molecular formula is C15H23ClN2S. The maximum Gasteiger partial charge on any atom is 0.0931 e. The van der Waals surface area contributed by atoms with Crippen molar-refractivity contribution >= 4 is 22.9 Å². The first-order valence-electron chi connectivity index (χ1n) is 7.54. The van der Waals surface area contributed by atoms with Gasteiger partial charge in [0.1, 0.15) is 0 Å². The molecule has 3 atom stereocenters. The molecule has 1 aromatic heterocycles. The van der Waals surface area contributed by atoms with Gasteiger partial charge >= 0.3 is 0 Å². The van der Waals surface area contributed by atoms with Crippen molar-refractivity contribution in [3.63, 3.8) is 0 Å². The third-order valence-electron chi connectivity index (χ3n) is 4.60. The molecule has 4 heteroatoms. The lowest BCUT2D eigenvalue weighted by Crippen LogP contribution is -2.46. The molecule has 0 amide bonds. The lowest BCUT2D eigenvalue weighted by molar-refractivity contribution is 0.214. The maximum atomic E-state index is 5.99. The molecule has 0 spiro atoms. The van der Waals surface area contributed by atoms with E-state index in [2.05, 4.69) is 16.7 Å². The molecule has 106 valence electrons. The highest BCUT2D eigenvalue weighted by atomic mass is 35.5. The molecule has 2 aliphatic rings. The number of thiophene rings is 1. The highest BCUT2D eigenvalue weighted by molar-refractivity contribution is 7.16. The van der Waals surface area contributed by atoms with Crippen LogP contribution in [-0.2, 0) is 6.54 Å². The molecule has 1 saturated carbocycles. The smallest absolute Gasteiger partial charge is 0.0931 e. The second-order valence-corrected chi connectivity index (χ2v) is 7.64. The normalized spacial score (nSPS) is 31.7. The van der Waals surface area contributed by atoms with Crippen molar-refractivity contribution in [3.05, 3.63) is 21.3 Å². The van der Waals surface area contributed by atoms with Crippen molar-refractivity contribution in [1.82, 2.24) is 10.6 Å². The van der Waals surface area contributed by atoms with Gasteiger partial charge in [-0.25, -0.2) is 0 Å². The van der Waals surface area contributed by atoms with E-state index < -0.39 is 0 Å². The van der Waals surface area contributed by atoms with E-state index in [9.17, 15) is 0 Å². The third kappa shape index (κ3) is 3.52. The van der Waals surface area contributed by atoms with Crippen molar-refractivity contribution in [1.29, 1.82) is 0 Å². The van der Waals surface area contributed by atoms with Gasteiger partial charge in [-0.3, -0.25) is 0 Å². The molecule has 1 aromatic rings. The van der Waals surface area contributed by atoms with E-state index in [-0.39, 0.29) is 0 Å². The molecule has 2 fully saturated rings. The summed E-state index contributed by atoms with van der Waals surface area (Å²) in [5.74, 6) is 0.826. The van der Waals surface area contributed by atoms with E-state index in [0.29, 0.717) is 6.04 Å². The van der Waals surface area contributed by atoms with E-state index in [1.54, 1.807) is 11.3 Å². The number of halogens is 1. The Balaban J connectivity index is 1.57. The maximum absolute atomic E-state index is 5.99. The summed E-state index contributed by atoms with van der Waals surface area (Å²) >= 11 is 7.69. The summed E-state index contributed by atoms with van der Waals surface area (Å²) in [6.45, 7) is 2.19. The van der Waals surface area contributed by atoms with E-state index in [1.807, 2.05) is 6.07 Å². The molecule has 2 heterocycles. The van der Waals surface area contributed by atoms with Crippen LogP contribution < -0.4 is 10.6 Å². The van der Waals surface area contributed by atoms with Gasteiger partial charge in [-0.15, -0.1) is 11.3 Å². The van der Waals surface area contributed by atoms with Gasteiger partial charge in [0.15, 0.2) is 0 Å².